The summed E-state index contributed by atoms with van der Waals surface area (Å²) in [5, 5.41) is 0. The molecule has 0 bridgehead atoms. The van der Waals surface area contributed by atoms with Gasteiger partial charge in [-0.1, -0.05) is 84.1 Å². The molecule has 23 heavy (non-hydrogen) atoms. The first-order valence-electron chi connectivity index (χ1n) is 10.0. The third-order valence-corrected chi connectivity index (χ3v) is 4.47. The Hall–Kier alpha value is -0.790. The molecule has 136 valence electrons. The topological polar surface area (TPSA) is 26.3 Å². The first-order chi connectivity index (χ1) is 11.2. The van der Waals surface area contributed by atoms with Gasteiger partial charge in [-0.15, -0.1) is 6.58 Å². The van der Waals surface area contributed by atoms with E-state index in [1.54, 1.807) is 6.08 Å². The fourth-order valence-electron chi connectivity index (χ4n) is 2.97. The monoisotopic (exact) mass is 324 g/mol. The second kappa shape index (κ2) is 17.6. The van der Waals surface area contributed by atoms with E-state index in [1.807, 2.05) is 0 Å². The van der Waals surface area contributed by atoms with Crippen molar-refractivity contribution in [2.45, 2.75) is 104 Å². The Morgan fingerprint density at radius 1 is 0.913 bits per heavy atom. The highest BCUT2D eigenvalue weighted by Gasteiger charge is 2.14. The molecule has 0 aliphatic rings. The lowest BCUT2D eigenvalue weighted by Gasteiger charge is -2.16. The van der Waals surface area contributed by atoms with Crippen LogP contribution in [0.1, 0.15) is 104 Å². The third kappa shape index (κ3) is 15.9. The summed E-state index contributed by atoms with van der Waals surface area (Å²) in [4.78, 5) is 11.9. The van der Waals surface area contributed by atoms with Crippen LogP contribution < -0.4 is 0 Å². The van der Waals surface area contributed by atoms with Crippen molar-refractivity contribution in [3.8, 4) is 0 Å². The van der Waals surface area contributed by atoms with Gasteiger partial charge in [-0.05, 0) is 25.2 Å². The number of ether oxygens (including phenoxy) is 1. The van der Waals surface area contributed by atoms with Crippen LogP contribution in [0, 0.1) is 5.92 Å². The summed E-state index contributed by atoms with van der Waals surface area (Å²) in [6.45, 7) is 8.64. The van der Waals surface area contributed by atoms with E-state index in [-0.39, 0.29) is 5.97 Å². The van der Waals surface area contributed by atoms with Crippen LogP contribution in [0.15, 0.2) is 12.7 Å². The molecule has 0 N–H and O–H groups in total. The van der Waals surface area contributed by atoms with Crippen LogP contribution >= 0.6 is 0 Å². The van der Waals surface area contributed by atoms with E-state index in [9.17, 15) is 4.79 Å². The van der Waals surface area contributed by atoms with Crippen molar-refractivity contribution in [1.29, 1.82) is 0 Å². The van der Waals surface area contributed by atoms with Crippen molar-refractivity contribution in [1.82, 2.24) is 0 Å². The third-order valence-electron chi connectivity index (χ3n) is 4.47. The minimum atomic E-state index is -0.0154. The smallest absolute Gasteiger partial charge is 0.306 e. The standard InChI is InChI=1S/C21H40O2/c1-4-7-10-12-13-15-17-20(16-14-11-8-5-2)19-21(22)23-18-9-6-3/h6,20H,3-5,7-19H2,1-2H3. The Balaban J connectivity index is 3.96. The molecule has 0 amide bonds. The van der Waals surface area contributed by atoms with E-state index >= 15 is 0 Å². The fourth-order valence-corrected chi connectivity index (χ4v) is 2.97. The van der Waals surface area contributed by atoms with Gasteiger partial charge in [-0.25, -0.2) is 0 Å². The molecule has 0 saturated heterocycles. The lowest BCUT2D eigenvalue weighted by molar-refractivity contribution is -0.144. The Labute approximate surface area is 145 Å². The molecular weight excluding hydrogens is 284 g/mol. The van der Waals surface area contributed by atoms with E-state index in [1.165, 1.54) is 77.0 Å². The van der Waals surface area contributed by atoms with Gasteiger partial charge in [0.1, 0.15) is 0 Å². The normalized spacial score (nSPS) is 12.1. The van der Waals surface area contributed by atoms with Crippen molar-refractivity contribution >= 4 is 5.97 Å². The molecule has 2 heteroatoms. The van der Waals surface area contributed by atoms with Gasteiger partial charge in [-0.2, -0.15) is 0 Å². The number of rotatable bonds is 17. The van der Waals surface area contributed by atoms with Crippen molar-refractivity contribution in [2.75, 3.05) is 6.61 Å². The van der Waals surface area contributed by atoms with Gasteiger partial charge >= 0.3 is 5.97 Å². The zero-order valence-corrected chi connectivity index (χ0v) is 15.8. The molecule has 0 radical (unpaired) electrons. The molecule has 0 fully saturated rings. The van der Waals surface area contributed by atoms with Crippen LogP contribution in [0.25, 0.3) is 0 Å². The maximum atomic E-state index is 11.9. The van der Waals surface area contributed by atoms with Crippen molar-refractivity contribution < 1.29 is 9.53 Å². The van der Waals surface area contributed by atoms with Crippen molar-refractivity contribution in [3.63, 3.8) is 0 Å². The van der Waals surface area contributed by atoms with Gasteiger partial charge in [0.25, 0.3) is 0 Å². The quantitative estimate of drug-likeness (QED) is 0.166. The van der Waals surface area contributed by atoms with Gasteiger partial charge in [0.05, 0.1) is 6.61 Å². The minimum Gasteiger partial charge on any atom is -0.465 e. The molecule has 0 saturated carbocycles. The minimum absolute atomic E-state index is 0.0154. The predicted molar refractivity (Wildman–Crippen MR) is 101 cm³/mol. The summed E-state index contributed by atoms with van der Waals surface area (Å²) in [6.07, 6.45) is 18.6. The SMILES string of the molecule is C=CCCOC(=O)CC(CCCCCC)CCCCCCCC. The van der Waals surface area contributed by atoms with Crippen LogP contribution in [-0.4, -0.2) is 12.6 Å². The van der Waals surface area contributed by atoms with E-state index in [0.717, 1.165) is 6.42 Å². The maximum Gasteiger partial charge on any atom is 0.306 e. The number of unbranched alkanes of at least 4 members (excludes halogenated alkanes) is 8. The van der Waals surface area contributed by atoms with Crippen LogP contribution in [0.3, 0.4) is 0 Å². The highest BCUT2D eigenvalue weighted by atomic mass is 16.5. The van der Waals surface area contributed by atoms with E-state index in [0.29, 0.717) is 18.9 Å². The Morgan fingerprint density at radius 2 is 1.43 bits per heavy atom. The number of carbonyl (C=O) groups excluding carboxylic acids is 1. The molecule has 0 aliphatic carbocycles. The molecule has 2 nitrogen and oxygen atoms in total. The molecule has 1 atom stereocenters. The van der Waals surface area contributed by atoms with E-state index in [4.69, 9.17) is 4.74 Å². The van der Waals surface area contributed by atoms with Crippen LogP contribution in [0.2, 0.25) is 0 Å². The van der Waals surface area contributed by atoms with Crippen LogP contribution in [0.5, 0.6) is 0 Å². The van der Waals surface area contributed by atoms with Crippen LogP contribution in [-0.2, 0) is 9.53 Å². The number of esters is 1. The van der Waals surface area contributed by atoms with Gasteiger partial charge < -0.3 is 4.74 Å². The van der Waals surface area contributed by atoms with Crippen molar-refractivity contribution in [3.05, 3.63) is 12.7 Å². The molecular formula is C21H40O2. The second-order valence-corrected chi connectivity index (χ2v) is 6.77. The van der Waals surface area contributed by atoms with Gasteiger partial charge in [0.2, 0.25) is 0 Å². The first kappa shape index (κ1) is 22.2. The number of hydrogen-bond donors (Lipinski definition) is 0. The summed E-state index contributed by atoms with van der Waals surface area (Å²) in [5.74, 6) is 0.507. The first-order valence-corrected chi connectivity index (χ1v) is 10.0. The van der Waals surface area contributed by atoms with Crippen LogP contribution in [0.4, 0.5) is 0 Å². The van der Waals surface area contributed by atoms with E-state index < -0.39 is 0 Å². The molecule has 0 aromatic heterocycles. The lowest BCUT2D eigenvalue weighted by atomic mass is 9.91. The zero-order valence-electron chi connectivity index (χ0n) is 15.8. The molecule has 0 aliphatic heterocycles. The summed E-state index contributed by atoms with van der Waals surface area (Å²) in [7, 11) is 0. The molecule has 0 rings (SSSR count). The Morgan fingerprint density at radius 3 is 2.00 bits per heavy atom. The molecule has 0 aromatic rings. The summed E-state index contributed by atoms with van der Waals surface area (Å²) >= 11 is 0. The average Bonchev–Trinajstić information content (AvgIpc) is 2.54. The van der Waals surface area contributed by atoms with E-state index in [2.05, 4.69) is 20.4 Å². The largest absolute Gasteiger partial charge is 0.465 e. The molecule has 1 unspecified atom stereocenters. The summed E-state index contributed by atoms with van der Waals surface area (Å²) in [5.41, 5.74) is 0. The van der Waals surface area contributed by atoms with Gasteiger partial charge in [0, 0.05) is 6.42 Å². The molecule has 0 aromatic carbocycles. The average molecular weight is 325 g/mol. The summed E-state index contributed by atoms with van der Waals surface area (Å²) < 4.78 is 5.29. The number of hydrogen-bond acceptors (Lipinski definition) is 2. The fraction of sp³-hybridized carbons (Fsp3) is 0.857. The highest BCUT2D eigenvalue weighted by Crippen LogP contribution is 2.22. The Bertz CT molecular complexity index is 273. The van der Waals surface area contributed by atoms with Gasteiger partial charge in [-0.3, -0.25) is 4.79 Å². The zero-order chi connectivity index (χ0) is 17.2. The maximum absolute atomic E-state index is 11.9. The molecule has 0 spiro atoms. The number of carbonyl (C=O) groups is 1. The summed E-state index contributed by atoms with van der Waals surface area (Å²) in [6, 6.07) is 0. The lowest BCUT2D eigenvalue weighted by Crippen LogP contribution is -2.12. The predicted octanol–water partition coefficient (Wildman–Crippen LogP) is 6.83. The second-order valence-electron chi connectivity index (χ2n) is 6.77. The molecule has 0 heterocycles. The van der Waals surface area contributed by atoms with Crippen molar-refractivity contribution in [2.24, 2.45) is 5.92 Å². The Kier molecular flexibility index (Phi) is 17.0. The highest BCUT2D eigenvalue weighted by molar-refractivity contribution is 5.69. The van der Waals surface area contributed by atoms with Gasteiger partial charge in [0.15, 0.2) is 0 Å².